The van der Waals surface area contributed by atoms with Crippen molar-refractivity contribution in [2.24, 2.45) is 0 Å². The second kappa shape index (κ2) is 7.96. The van der Waals surface area contributed by atoms with E-state index in [1.807, 2.05) is 63.2 Å². The summed E-state index contributed by atoms with van der Waals surface area (Å²) in [5, 5.41) is 10.5. The number of ether oxygens (including phenoxy) is 1. The Hall–Kier alpha value is -2.60. The summed E-state index contributed by atoms with van der Waals surface area (Å²) in [6, 6.07) is 13.4. The van der Waals surface area contributed by atoms with E-state index in [9.17, 15) is 9.90 Å². The van der Waals surface area contributed by atoms with Gasteiger partial charge in [-0.15, -0.1) is 0 Å². The van der Waals surface area contributed by atoms with Gasteiger partial charge < -0.3 is 19.6 Å². The maximum Gasteiger partial charge on any atom is 0.410 e. The maximum atomic E-state index is 12.2. The Morgan fingerprint density at radius 1 is 1.04 bits per heavy atom. The van der Waals surface area contributed by atoms with Crippen molar-refractivity contribution >= 4 is 11.9 Å². The van der Waals surface area contributed by atoms with E-state index in [1.165, 1.54) is 0 Å². The highest BCUT2D eigenvalue weighted by Gasteiger charge is 2.26. The summed E-state index contributed by atoms with van der Waals surface area (Å²) in [4.78, 5) is 20.5. The molecule has 0 radical (unpaired) electrons. The monoisotopic (exact) mass is 369 g/mol. The number of pyridine rings is 1. The minimum absolute atomic E-state index is 0.267. The second-order valence-electron chi connectivity index (χ2n) is 7.72. The first-order chi connectivity index (χ1) is 12.8. The lowest BCUT2D eigenvalue weighted by molar-refractivity contribution is 0.0240. The van der Waals surface area contributed by atoms with E-state index in [1.54, 1.807) is 11.1 Å². The summed E-state index contributed by atoms with van der Waals surface area (Å²) in [5.41, 5.74) is 1.13. The van der Waals surface area contributed by atoms with Gasteiger partial charge in [0.15, 0.2) is 0 Å². The number of amides is 1. The van der Waals surface area contributed by atoms with Crippen LogP contribution < -0.4 is 4.90 Å². The number of carbonyl (C=O) groups excluding carboxylic acids is 1. The zero-order valence-electron chi connectivity index (χ0n) is 16.1. The zero-order chi connectivity index (χ0) is 19.4. The molecule has 1 amide bonds. The third-order valence-corrected chi connectivity index (χ3v) is 4.46. The fraction of sp³-hybridized carbons (Fsp3) is 0.429. The van der Waals surface area contributed by atoms with E-state index in [2.05, 4.69) is 9.88 Å². The third kappa shape index (κ3) is 4.98. The van der Waals surface area contributed by atoms with Gasteiger partial charge in [-0.3, -0.25) is 0 Å². The molecule has 144 valence electrons. The van der Waals surface area contributed by atoms with Crippen LogP contribution in [0.25, 0.3) is 0 Å². The van der Waals surface area contributed by atoms with Crippen molar-refractivity contribution in [3.8, 4) is 0 Å². The zero-order valence-corrected chi connectivity index (χ0v) is 16.1. The van der Waals surface area contributed by atoms with E-state index < -0.39 is 11.7 Å². The first kappa shape index (κ1) is 19.2. The number of aliphatic hydroxyl groups excluding tert-OH is 1. The number of hydrogen-bond acceptors (Lipinski definition) is 5. The number of aromatic nitrogens is 1. The number of anilines is 1. The van der Waals surface area contributed by atoms with Gasteiger partial charge in [-0.05, 0) is 32.4 Å². The first-order valence-electron chi connectivity index (χ1n) is 9.25. The van der Waals surface area contributed by atoms with Gasteiger partial charge in [-0.2, -0.15) is 0 Å². The SMILES string of the molecule is CC(C)(C)OC(=O)N1CCN(c2ccc(C(O)c3ccccc3)cn2)CC1. The molecule has 1 fully saturated rings. The number of nitrogens with zero attached hydrogens (tertiary/aromatic N) is 3. The van der Waals surface area contributed by atoms with E-state index in [-0.39, 0.29) is 6.09 Å². The number of aliphatic hydroxyl groups is 1. The highest BCUT2D eigenvalue weighted by molar-refractivity contribution is 5.68. The van der Waals surface area contributed by atoms with Crippen molar-refractivity contribution in [2.45, 2.75) is 32.5 Å². The molecule has 0 bridgehead atoms. The Morgan fingerprint density at radius 2 is 1.70 bits per heavy atom. The Kier molecular flexibility index (Phi) is 5.65. The number of piperazine rings is 1. The lowest BCUT2D eigenvalue weighted by Crippen LogP contribution is -2.50. The molecule has 6 nitrogen and oxygen atoms in total. The molecular weight excluding hydrogens is 342 g/mol. The molecule has 6 heteroatoms. The van der Waals surface area contributed by atoms with Crippen LogP contribution in [0.1, 0.15) is 38.0 Å². The van der Waals surface area contributed by atoms with Gasteiger partial charge in [0.05, 0.1) is 0 Å². The van der Waals surface area contributed by atoms with E-state index >= 15 is 0 Å². The van der Waals surface area contributed by atoms with Gasteiger partial charge in [0, 0.05) is 37.9 Å². The fourth-order valence-electron chi connectivity index (χ4n) is 3.02. The summed E-state index contributed by atoms with van der Waals surface area (Å²) < 4.78 is 5.43. The largest absolute Gasteiger partial charge is 0.444 e. The van der Waals surface area contributed by atoms with Crippen LogP contribution in [0.15, 0.2) is 48.7 Å². The summed E-state index contributed by atoms with van der Waals surface area (Å²) in [6.45, 7) is 8.22. The minimum atomic E-state index is -0.684. The van der Waals surface area contributed by atoms with Crippen LogP contribution in [0.3, 0.4) is 0 Å². The van der Waals surface area contributed by atoms with Gasteiger partial charge in [0.1, 0.15) is 17.5 Å². The molecule has 1 atom stereocenters. The van der Waals surface area contributed by atoms with E-state index in [4.69, 9.17) is 4.74 Å². The molecule has 0 aliphatic carbocycles. The van der Waals surface area contributed by atoms with Gasteiger partial charge >= 0.3 is 6.09 Å². The molecule has 0 spiro atoms. The highest BCUT2D eigenvalue weighted by Crippen LogP contribution is 2.23. The Morgan fingerprint density at radius 3 is 2.26 bits per heavy atom. The molecule has 2 aromatic rings. The van der Waals surface area contributed by atoms with Crippen molar-refractivity contribution in [2.75, 3.05) is 31.1 Å². The molecule has 1 saturated heterocycles. The minimum Gasteiger partial charge on any atom is -0.444 e. The number of rotatable bonds is 3. The molecule has 27 heavy (non-hydrogen) atoms. The number of hydrogen-bond donors (Lipinski definition) is 1. The van der Waals surface area contributed by atoms with Gasteiger partial charge in [0.2, 0.25) is 0 Å². The Labute approximate surface area is 160 Å². The maximum absolute atomic E-state index is 12.2. The van der Waals surface area contributed by atoms with Crippen LogP contribution in [0.2, 0.25) is 0 Å². The summed E-state index contributed by atoms with van der Waals surface area (Å²) in [7, 11) is 0. The van der Waals surface area contributed by atoms with Crippen LogP contribution in [-0.2, 0) is 4.74 Å². The lowest BCUT2D eigenvalue weighted by Gasteiger charge is -2.36. The van der Waals surface area contributed by atoms with Gasteiger partial charge in [-0.25, -0.2) is 9.78 Å². The van der Waals surface area contributed by atoms with E-state index in [0.717, 1.165) is 16.9 Å². The average molecular weight is 369 g/mol. The van der Waals surface area contributed by atoms with Crippen LogP contribution >= 0.6 is 0 Å². The van der Waals surface area contributed by atoms with Crippen molar-refractivity contribution < 1.29 is 14.6 Å². The van der Waals surface area contributed by atoms with Crippen LogP contribution in [-0.4, -0.2) is 52.9 Å². The highest BCUT2D eigenvalue weighted by atomic mass is 16.6. The fourth-order valence-corrected chi connectivity index (χ4v) is 3.02. The summed E-state index contributed by atoms with van der Waals surface area (Å²) >= 11 is 0. The first-order valence-corrected chi connectivity index (χ1v) is 9.25. The van der Waals surface area contributed by atoms with Gasteiger partial charge in [-0.1, -0.05) is 36.4 Å². The molecule has 1 N–H and O–H groups in total. The summed E-state index contributed by atoms with van der Waals surface area (Å²) in [6.07, 6.45) is 0.765. The molecular formula is C21H27N3O3. The molecule has 1 aromatic carbocycles. The van der Waals surface area contributed by atoms with Gasteiger partial charge in [0.25, 0.3) is 0 Å². The van der Waals surface area contributed by atoms with Crippen molar-refractivity contribution in [1.29, 1.82) is 0 Å². The predicted molar refractivity (Wildman–Crippen MR) is 105 cm³/mol. The molecule has 3 rings (SSSR count). The van der Waals surface area contributed by atoms with Crippen LogP contribution in [0.5, 0.6) is 0 Å². The lowest BCUT2D eigenvalue weighted by atomic mass is 10.0. The predicted octanol–water partition coefficient (Wildman–Crippen LogP) is 3.22. The quantitative estimate of drug-likeness (QED) is 0.900. The number of benzene rings is 1. The van der Waals surface area contributed by atoms with Crippen molar-refractivity contribution in [3.05, 3.63) is 59.8 Å². The molecule has 1 aliphatic heterocycles. The smallest absolute Gasteiger partial charge is 0.410 e. The molecule has 0 saturated carbocycles. The topological polar surface area (TPSA) is 65.9 Å². The Bertz CT molecular complexity index is 748. The molecule has 1 unspecified atom stereocenters. The standard InChI is InChI=1S/C21H27N3O3/c1-21(2,3)27-20(26)24-13-11-23(12-14-24)18-10-9-17(15-22-18)19(25)16-7-5-4-6-8-16/h4-10,15,19,25H,11-14H2,1-3H3. The molecule has 1 aliphatic rings. The number of carbonyl (C=O) groups is 1. The average Bonchev–Trinajstić information content (AvgIpc) is 2.67. The molecule has 2 heterocycles. The second-order valence-corrected chi connectivity index (χ2v) is 7.72. The normalized spacial score (nSPS) is 16.1. The molecule has 1 aromatic heterocycles. The van der Waals surface area contributed by atoms with E-state index in [0.29, 0.717) is 26.2 Å². The third-order valence-electron chi connectivity index (χ3n) is 4.46. The Balaban J connectivity index is 1.58. The van der Waals surface area contributed by atoms with Crippen LogP contribution in [0.4, 0.5) is 10.6 Å². The van der Waals surface area contributed by atoms with Crippen molar-refractivity contribution in [1.82, 2.24) is 9.88 Å². The van der Waals surface area contributed by atoms with Crippen LogP contribution in [0, 0.1) is 0 Å². The summed E-state index contributed by atoms with van der Waals surface area (Å²) in [5.74, 6) is 0.850. The van der Waals surface area contributed by atoms with Crippen molar-refractivity contribution in [3.63, 3.8) is 0 Å².